The monoisotopic (exact) mass is 191 g/mol. The quantitative estimate of drug-likeness (QED) is 0.725. The molecule has 2 aromatic rings. The molecule has 0 unspecified atom stereocenters. The van der Waals surface area contributed by atoms with Crippen LogP contribution in [0.3, 0.4) is 0 Å². The van der Waals surface area contributed by atoms with Crippen molar-refractivity contribution in [1.82, 2.24) is 4.73 Å². The number of fused-ring (bicyclic) bond motifs is 1. The fraction of sp³-hybridized carbons (Fsp3) is 0.273. The molecule has 0 fully saturated rings. The SMILES string of the molecule is COc1cccc2c1c(C)cn2OC. The van der Waals surface area contributed by atoms with E-state index in [1.54, 1.807) is 19.0 Å². The lowest BCUT2D eigenvalue weighted by Gasteiger charge is -2.04. The van der Waals surface area contributed by atoms with E-state index in [0.29, 0.717) is 0 Å². The highest BCUT2D eigenvalue weighted by atomic mass is 16.6. The van der Waals surface area contributed by atoms with Crippen molar-refractivity contribution in [3.8, 4) is 5.75 Å². The molecule has 1 aromatic heterocycles. The average Bonchev–Trinajstić information content (AvgIpc) is 2.55. The third-order valence-electron chi connectivity index (χ3n) is 2.36. The molecule has 0 aliphatic rings. The van der Waals surface area contributed by atoms with Crippen molar-refractivity contribution in [3.05, 3.63) is 30.0 Å². The summed E-state index contributed by atoms with van der Waals surface area (Å²) in [6.45, 7) is 2.04. The largest absolute Gasteiger partial charge is 0.496 e. The molecule has 0 spiro atoms. The third-order valence-corrected chi connectivity index (χ3v) is 2.36. The second kappa shape index (κ2) is 3.25. The van der Waals surface area contributed by atoms with E-state index in [1.807, 2.05) is 31.3 Å². The van der Waals surface area contributed by atoms with Crippen molar-refractivity contribution in [1.29, 1.82) is 0 Å². The van der Waals surface area contributed by atoms with Gasteiger partial charge in [0.1, 0.15) is 12.9 Å². The Morgan fingerprint density at radius 1 is 1.21 bits per heavy atom. The average molecular weight is 191 g/mol. The first-order valence-electron chi connectivity index (χ1n) is 4.47. The highest BCUT2D eigenvalue weighted by molar-refractivity contribution is 5.89. The summed E-state index contributed by atoms with van der Waals surface area (Å²) in [5.74, 6) is 0.885. The standard InChI is InChI=1S/C11H13NO2/c1-8-7-12(14-3)9-5-4-6-10(13-2)11(8)9/h4-7H,1-3H3. The van der Waals surface area contributed by atoms with Gasteiger partial charge < -0.3 is 9.57 Å². The van der Waals surface area contributed by atoms with Crippen LogP contribution in [-0.2, 0) is 0 Å². The van der Waals surface area contributed by atoms with Crippen LogP contribution in [-0.4, -0.2) is 19.0 Å². The van der Waals surface area contributed by atoms with Crippen molar-refractivity contribution in [2.45, 2.75) is 6.92 Å². The van der Waals surface area contributed by atoms with Gasteiger partial charge in [-0.1, -0.05) is 6.07 Å². The summed E-state index contributed by atoms with van der Waals surface area (Å²) in [5, 5.41) is 1.11. The van der Waals surface area contributed by atoms with E-state index < -0.39 is 0 Å². The molecule has 74 valence electrons. The topological polar surface area (TPSA) is 23.4 Å². The summed E-state index contributed by atoms with van der Waals surface area (Å²) in [6.07, 6.45) is 1.95. The van der Waals surface area contributed by atoms with Crippen molar-refractivity contribution in [3.63, 3.8) is 0 Å². The molecule has 0 saturated carbocycles. The van der Waals surface area contributed by atoms with Gasteiger partial charge in [0.15, 0.2) is 0 Å². The lowest BCUT2D eigenvalue weighted by molar-refractivity contribution is 0.179. The van der Waals surface area contributed by atoms with Crippen LogP contribution in [0.2, 0.25) is 0 Å². The number of aromatic nitrogens is 1. The van der Waals surface area contributed by atoms with Gasteiger partial charge >= 0.3 is 0 Å². The van der Waals surface area contributed by atoms with Crippen LogP contribution in [0.5, 0.6) is 5.75 Å². The highest BCUT2D eigenvalue weighted by Crippen LogP contribution is 2.29. The van der Waals surface area contributed by atoms with E-state index in [2.05, 4.69) is 0 Å². The van der Waals surface area contributed by atoms with Crippen LogP contribution in [0.15, 0.2) is 24.4 Å². The number of aryl methyl sites for hydroxylation is 1. The fourth-order valence-electron chi connectivity index (χ4n) is 1.73. The van der Waals surface area contributed by atoms with Gasteiger partial charge in [-0.15, -0.1) is 0 Å². The zero-order chi connectivity index (χ0) is 10.1. The Hall–Kier alpha value is -1.64. The van der Waals surface area contributed by atoms with E-state index in [1.165, 1.54) is 0 Å². The maximum Gasteiger partial charge on any atom is 0.128 e. The van der Waals surface area contributed by atoms with Crippen molar-refractivity contribution in [2.75, 3.05) is 14.2 Å². The molecule has 0 bridgehead atoms. The number of hydrogen-bond acceptors (Lipinski definition) is 2. The van der Waals surface area contributed by atoms with Crippen LogP contribution in [0.1, 0.15) is 5.56 Å². The zero-order valence-electron chi connectivity index (χ0n) is 8.57. The molecule has 14 heavy (non-hydrogen) atoms. The van der Waals surface area contributed by atoms with E-state index in [-0.39, 0.29) is 0 Å². The minimum Gasteiger partial charge on any atom is -0.496 e. The van der Waals surface area contributed by atoms with Crippen molar-refractivity contribution < 1.29 is 9.57 Å². The minimum atomic E-state index is 0.885. The molecule has 0 aliphatic carbocycles. The van der Waals surface area contributed by atoms with Gasteiger partial charge in [-0.05, 0) is 24.6 Å². The molecular formula is C11H13NO2. The molecule has 1 aromatic carbocycles. The number of nitrogens with zero attached hydrogens (tertiary/aromatic N) is 1. The Morgan fingerprint density at radius 3 is 2.64 bits per heavy atom. The highest BCUT2D eigenvalue weighted by Gasteiger charge is 2.09. The first-order valence-corrected chi connectivity index (χ1v) is 4.47. The van der Waals surface area contributed by atoms with E-state index in [0.717, 1.165) is 22.2 Å². The van der Waals surface area contributed by atoms with E-state index in [9.17, 15) is 0 Å². The predicted molar refractivity (Wildman–Crippen MR) is 55.7 cm³/mol. The summed E-state index contributed by atoms with van der Waals surface area (Å²) >= 11 is 0. The Morgan fingerprint density at radius 2 is 2.00 bits per heavy atom. The first-order chi connectivity index (χ1) is 6.77. The van der Waals surface area contributed by atoms with Crippen LogP contribution < -0.4 is 9.57 Å². The molecular weight excluding hydrogens is 178 g/mol. The summed E-state index contributed by atoms with van der Waals surface area (Å²) in [6, 6.07) is 5.92. The smallest absolute Gasteiger partial charge is 0.128 e. The van der Waals surface area contributed by atoms with Gasteiger partial charge in [0.25, 0.3) is 0 Å². The minimum absolute atomic E-state index is 0.885. The fourth-order valence-corrected chi connectivity index (χ4v) is 1.73. The molecule has 0 amide bonds. The molecule has 0 aliphatic heterocycles. The number of ether oxygens (including phenoxy) is 1. The van der Waals surface area contributed by atoms with Gasteiger partial charge in [0.05, 0.1) is 12.6 Å². The summed E-state index contributed by atoms with van der Waals surface area (Å²) in [4.78, 5) is 5.21. The van der Waals surface area contributed by atoms with E-state index >= 15 is 0 Å². The molecule has 3 heteroatoms. The Labute approximate surface area is 82.8 Å². The number of methoxy groups -OCH3 is 1. The zero-order valence-corrected chi connectivity index (χ0v) is 8.57. The maximum absolute atomic E-state index is 5.30. The van der Waals surface area contributed by atoms with Crippen LogP contribution in [0.4, 0.5) is 0 Å². The van der Waals surface area contributed by atoms with Crippen LogP contribution in [0, 0.1) is 6.92 Å². The van der Waals surface area contributed by atoms with Crippen LogP contribution in [0.25, 0.3) is 10.9 Å². The Balaban J connectivity index is 2.81. The molecule has 3 nitrogen and oxygen atoms in total. The summed E-state index contributed by atoms with van der Waals surface area (Å²) < 4.78 is 7.04. The van der Waals surface area contributed by atoms with Gasteiger partial charge in [-0.2, -0.15) is 4.73 Å². The summed E-state index contributed by atoms with van der Waals surface area (Å²) in [7, 11) is 3.33. The van der Waals surface area contributed by atoms with Crippen molar-refractivity contribution >= 4 is 10.9 Å². The molecule has 0 N–H and O–H groups in total. The van der Waals surface area contributed by atoms with Crippen molar-refractivity contribution in [2.24, 2.45) is 0 Å². The lowest BCUT2D eigenvalue weighted by Crippen LogP contribution is -2.02. The lowest BCUT2D eigenvalue weighted by atomic mass is 10.2. The normalized spacial score (nSPS) is 10.5. The van der Waals surface area contributed by atoms with Gasteiger partial charge in [0.2, 0.25) is 0 Å². The Bertz CT molecular complexity index is 460. The molecule has 0 radical (unpaired) electrons. The first kappa shape index (κ1) is 8.94. The molecule has 0 atom stereocenters. The Kier molecular flexibility index (Phi) is 2.08. The molecule has 2 rings (SSSR count). The van der Waals surface area contributed by atoms with Gasteiger partial charge in [-0.3, -0.25) is 0 Å². The number of hydrogen-bond donors (Lipinski definition) is 0. The van der Waals surface area contributed by atoms with Gasteiger partial charge in [-0.25, -0.2) is 0 Å². The molecule has 0 saturated heterocycles. The number of benzene rings is 1. The third kappa shape index (κ3) is 1.13. The van der Waals surface area contributed by atoms with E-state index in [4.69, 9.17) is 9.57 Å². The second-order valence-electron chi connectivity index (χ2n) is 3.17. The maximum atomic E-state index is 5.30. The summed E-state index contributed by atoms with van der Waals surface area (Å²) in [5.41, 5.74) is 2.18. The second-order valence-corrected chi connectivity index (χ2v) is 3.17. The number of rotatable bonds is 2. The van der Waals surface area contributed by atoms with Gasteiger partial charge in [0, 0.05) is 11.6 Å². The van der Waals surface area contributed by atoms with Crippen LogP contribution >= 0.6 is 0 Å². The predicted octanol–water partition coefficient (Wildman–Crippen LogP) is 2.02. The molecule has 1 heterocycles.